The Kier molecular flexibility index (Phi) is 4.65. The van der Waals surface area contributed by atoms with Crippen LogP contribution < -0.4 is 0 Å². The lowest BCUT2D eigenvalue weighted by molar-refractivity contribution is 0.0963. The first-order chi connectivity index (χ1) is 12.9. The van der Waals surface area contributed by atoms with Crippen LogP contribution in [0.15, 0.2) is 48.5 Å². The van der Waals surface area contributed by atoms with Crippen LogP contribution in [0.1, 0.15) is 65.0 Å². The summed E-state index contributed by atoms with van der Waals surface area (Å²) in [6.45, 7) is 6.30. The lowest BCUT2D eigenvalue weighted by Crippen LogP contribution is -2.20. The van der Waals surface area contributed by atoms with Gasteiger partial charge in [-0.05, 0) is 60.6 Å². The molecule has 4 heteroatoms. The first-order valence-electron chi connectivity index (χ1n) is 9.41. The molecule has 0 spiro atoms. The molecule has 3 nitrogen and oxygen atoms in total. The van der Waals surface area contributed by atoms with Gasteiger partial charge in [0.25, 0.3) is 0 Å². The van der Waals surface area contributed by atoms with Crippen molar-refractivity contribution in [1.29, 1.82) is 0 Å². The van der Waals surface area contributed by atoms with Gasteiger partial charge >= 0.3 is 0 Å². The number of rotatable bonds is 3. The van der Waals surface area contributed by atoms with Crippen LogP contribution in [0.25, 0.3) is 5.69 Å². The summed E-state index contributed by atoms with van der Waals surface area (Å²) in [4.78, 5) is 12.9. The van der Waals surface area contributed by atoms with Crippen LogP contribution in [-0.4, -0.2) is 15.6 Å². The lowest BCUT2D eigenvalue weighted by Gasteiger charge is -2.23. The quantitative estimate of drug-likeness (QED) is 0.571. The van der Waals surface area contributed by atoms with E-state index in [4.69, 9.17) is 11.6 Å². The average molecular weight is 379 g/mol. The summed E-state index contributed by atoms with van der Waals surface area (Å²) in [5.74, 6) is 0.882. The number of ketones is 1. The Hall–Kier alpha value is -2.39. The number of benzene rings is 2. The number of aromatic nitrogens is 2. The van der Waals surface area contributed by atoms with E-state index in [-0.39, 0.29) is 11.7 Å². The number of Topliss-reactive ketones (excluding diaryl/α,β-unsaturated/α-hetero) is 1. The second-order valence-electron chi connectivity index (χ2n) is 7.65. The minimum atomic E-state index is 0.187. The van der Waals surface area contributed by atoms with Crippen molar-refractivity contribution in [2.75, 3.05) is 0 Å². The fourth-order valence-corrected chi connectivity index (χ4v) is 4.07. The zero-order chi connectivity index (χ0) is 19.1. The van der Waals surface area contributed by atoms with E-state index in [0.717, 1.165) is 29.1 Å². The number of fused-ring (bicyclic) bond motifs is 1. The Labute approximate surface area is 165 Å². The Morgan fingerprint density at radius 3 is 2.33 bits per heavy atom. The number of carbonyl (C=O) groups is 1. The summed E-state index contributed by atoms with van der Waals surface area (Å²) >= 11 is 6.03. The molecule has 0 fully saturated rings. The fraction of sp³-hybridized carbons (Fsp3) is 0.304. The number of nitrogens with zero attached hydrogens (tertiary/aromatic N) is 2. The van der Waals surface area contributed by atoms with Gasteiger partial charge in [0.15, 0.2) is 5.78 Å². The first kappa shape index (κ1) is 18.0. The molecule has 0 aliphatic heterocycles. The summed E-state index contributed by atoms with van der Waals surface area (Å²) in [6, 6.07) is 16.3. The van der Waals surface area contributed by atoms with Gasteiger partial charge in [0, 0.05) is 11.4 Å². The summed E-state index contributed by atoms with van der Waals surface area (Å²) in [7, 11) is 0. The molecule has 1 unspecified atom stereocenters. The minimum Gasteiger partial charge on any atom is -0.294 e. The molecule has 3 aromatic rings. The number of hydrogen-bond donors (Lipinski definition) is 0. The van der Waals surface area contributed by atoms with E-state index in [1.54, 1.807) is 0 Å². The van der Waals surface area contributed by atoms with Crippen molar-refractivity contribution >= 4 is 17.4 Å². The zero-order valence-corrected chi connectivity index (χ0v) is 16.6. The smallest absolute Gasteiger partial charge is 0.167 e. The van der Waals surface area contributed by atoms with E-state index in [2.05, 4.69) is 43.2 Å². The van der Waals surface area contributed by atoms with Gasteiger partial charge in [0.1, 0.15) is 0 Å². The van der Waals surface area contributed by atoms with E-state index >= 15 is 0 Å². The molecule has 1 atom stereocenters. The predicted octanol–water partition coefficient (Wildman–Crippen LogP) is 5.87. The SMILES string of the molecule is Cc1nn(-c2ccc(Cl)cc2)c2c1C(=O)CC(c1ccc(C(C)C)cc1)C2. The Bertz CT molecular complexity index is 984. The Morgan fingerprint density at radius 2 is 1.70 bits per heavy atom. The molecule has 1 aliphatic rings. The summed E-state index contributed by atoms with van der Waals surface area (Å²) in [5, 5.41) is 5.35. The average Bonchev–Trinajstić information content (AvgIpc) is 2.99. The maximum absolute atomic E-state index is 12.9. The van der Waals surface area contributed by atoms with Crippen LogP contribution in [0.5, 0.6) is 0 Å². The third-order valence-corrected chi connectivity index (χ3v) is 5.70. The van der Waals surface area contributed by atoms with Crippen molar-refractivity contribution in [2.45, 2.75) is 45.4 Å². The molecule has 0 saturated carbocycles. The van der Waals surface area contributed by atoms with Crippen LogP contribution in [0, 0.1) is 6.92 Å². The first-order valence-corrected chi connectivity index (χ1v) is 9.79. The topological polar surface area (TPSA) is 34.9 Å². The lowest BCUT2D eigenvalue weighted by atomic mass is 9.81. The molecule has 1 aliphatic carbocycles. The van der Waals surface area contributed by atoms with E-state index in [0.29, 0.717) is 17.4 Å². The standard InChI is InChI=1S/C23H23ClN2O/c1-14(2)16-4-6-17(7-5-16)18-12-21-23(22(27)13-18)15(3)25-26(21)20-10-8-19(24)9-11-20/h4-11,14,18H,12-13H2,1-3H3. The van der Waals surface area contributed by atoms with E-state index < -0.39 is 0 Å². The Balaban J connectivity index is 1.72. The van der Waals surface area contributed by atoms with Crippen LogP contribution in [0.2, 0.25) is 5.02 Å². The van der Waals surface area contributed by atoms with Gasteiger partial charge < -0.3 is 0 Å². The highest BCUT2D eigenvalue weighted by Gasteiger charge is 2.32. The molecule has 0 bridgehead atoms. The second-order valence-corrected chi connectivity index (χ2v) is 8.08. The fourth-order valence-electron chi connectivity index (χ4n) is 3.94. The molecule has 1 aromatic heterocycles. The van der Waals surface area contributed by atoms with Crippen LogP contribution in [-0.2, 0) is 6.42 Å². The molecule has 0 amide bonds. The van der Waals surface area contributed by atoms with E-state index in [1.165, 1.54) is 11.1 Å². The maximum atomic E-state index is 12.9. The predicted molar refractivity (Wildman–Crippen MR) is 109 cm³/mol. The van der Waals surface area contributed by atoms with Gasteiger partial charge in [-0.15, -0.1) is 0 Å². The zero-order valence-electron chi connectivity index (χ0n) is 15.9. The molecule has 138 valence electrons. The third-order valence-electron chi connectivity index (χ3n) is 5.45. The second kappa shape index (κ2) is 6.97. The van der Waals surface area contributed by atoms with Crippen LogP contribution >= 0.6 is 11.6 Å². The van der Waals surface area contributed by atoms with E-state index in [9.17, 15) is 4.79 Å². The largest absolute Gasteiger partial charge is 0.294 e. The normalized spacial score (nSPS) is 16.6. The molecule has 0 N–H and O–H groups in total. The number of halogens is 1. The minimum absolute atomic E-state index is 0.187. The van der Waals surface area contributed by atoms with Crippen molar-refractivity contribution in [1.82, 2.24) is 9.78 Å². The highest BCUT2D eigenvalue weighted by molar-refractivity contribution is 6.30. The molecule has 4 rings (SSSR count). The number of aryl methyl sites for hydroxylation is 1. The molecule has 0 radical (unpaired) electrons. The van der Waals surface area contributed by atoms with Crippen molar-refractivity contribution in [3.05, 3.63) is 81.6 Å². The summed E-state index contributed by atoms with van der Waals surface area (Å²) in [5.41, 5.74) is 6.08. The molecule has 1 heterocycles. The monoisotopic (exact) mass is 378 g/mol. The molecule has 27 heavy (non-hydrogen) atoms. The summed E-state index contributed by atoms with van der Waals surface area (Å²) in [6.07, 6.45) is 1.35. The van der Waals surface area contributed by atoms with Gasteiger partial charge in [0.05, 0.1) is 22.6 Å². The number of hydrogen-bond acceptors (Lipinski definition) is 2. The highest BCUT2D eigenvalue weighted by atomic mass is 35.5. The maximum Gasteiger partial charge on any atom is 0.167 e. The van der Waals surface area contributed by atoms with Gasteiger partial charge in [-0.25, -0.2) is 4.68 Å². The number of carbonyl (C=O) groups excluding carboxylic acids is 1. The van der Waals surface area contributed by atoms with Crippen molar-refractivity contribution in [3.8, 4) is 5.69 Å². The molecular weight excluding hydrogens is 356 g/mol. The van der Waals surface area contributed by atoms with Crippen LogP contribution in [0.3, 0.4) is 0 Å². The molecular formula is C23H23ClN2O. The van der Waals surface area contributed by atoms with Crippen molar-refractivity contribution in [3.63, 3.8) is 0 Å². The Morgan fingerprint density at radius 1 is 1.04 bits per heavy atom. The molecule has 0 saturated heterocycles. The van der Waals surface area contributed by atoms with Crippen LogP contribution in [0.4, 0.5) is 0 Å². The highest BCUT2D eigenvalue weighted by Crippen LogP contribution is 2.35. The van der Waals surface area contributed by atoms with E-state index in [1.807, 2.05) is 35.9 Å². The van der Waals surface area contributed by atoms with Gasteiger partial charge in [-0.2, -0.15) is 5.10 Å². The van der Waals surface area contributed by atoms with Gasteiger partial charge in [0.2, 0.25) is 0 Å². The molecule has 2 aromatic carbocycles. The van der Waals surface area contributed by atoms with Crippen molar-refractivity contribution < 1.29 is 4.79 Å². The summed E-state index contributed by atoms with van der Waals surface area (Å²) < 4.78 is 1.91. The third kappa shape index (κ3) is 3.32. The van der Waals surface area contributed by atoms with Crippen molar-refractivity contribution in [2.24, 2.45) is 0 Å². The van der Waals surface area contributed by atoms with Gasteiger partial charge in [-0.3, -0.25) is 4.79 Å². The van der Waals surface area contributed by atoms with Gasteiger partial charge in [-0.1, -0.05) is 49.7 Å².